The molecule has 3 aromatic rings. The summed E-state index contributed by atoms with van der Waals surface area (Å²) in [5.74, 6) is 1.84. The van der Waals surface area contributed by atoms with Crippen LogP contribution in [0.25, 0.3) is 11.0 Å². The molecule has 2 heterocycles. The van der Waals surface area contributed by atoms with E-state index in [4.69, 9.17) is 4.42 Å². The first-order valence-corrected chi connectivity index (χ1v) is 8.80. The fourth-order valence-electron chi connectivity index (χ4n) is 2.36. The predicted molar refractivity (Wildman–Crippen MR) is 112 cm³/mol. The molecule has 0 saturated carbocycles. The molecule has 1 aromatic carbocycles. The molecule has 0 radical (unpaired) electrons. The number of furan rings is 1. The molecule has 0 spiro atoms. The Hall–Kier alpha value is -1.54. The maximum absolute atomic E-state index is 5.83. The number of fused-ring (bicyclic) bond motifs is 1. The number of halogens is 1. The van der Waals surface area contributed by atoms with Crippen LogP contribution >= 0.6 is 35.3 Å². The number of nitrogens with zero attached hydrogens (tertiary/aromatic N) is 1. The summed E-state index contributed by atoms with van der Waals surface area (Å²) in [5, 5.41) is 12.0. The first-order valence-electron chi connectivity index (χ1n) is 7.86. The largest absolute Gasteiger partial charge is 0.461 e. The van der Waals surface area contributed by atoms with Gasteiger partial charge in [-0.3, -0.25) is 0 Å². The highest BCUT2D eigenvalue weighted by Gasteiger charge is 2.03. The fraction of sp³-hybridized carbons (Fsp3) is 0.278. The monoisotopic (exact) mass is 455 g/mol. The van der Waals surface area contributed by atoms with E-state index in [9.17, 15) is 0 Å². The number of rotatable bonds is 6. The van der Waals surface area contributed by atoms with Gasteiger partial charge >= 0.3 is 0 Å². The van der Waals surface area contributed by atoms with Crippen molar-refractivity contribution in [3.8, 4) is 0 Å². The van der Waals surface area contributed by atoms with Gasteiger partial charge < -0.3 is 15.1 Å². The van der Waals surface area contributed by atoms with E-state index >= 15 is 0 Å². The molecule has 24 heavy (non-hydrogen) atoms. The van der Waals surface area contributed by atoms with E-state index in [1.807, 2.05) is 18.2 Å². The molecular formula is C18H22IN3OS. The third-order valence-corrected chi connectivity index (χ3v) is 4.22. The predicted octanol–water partition coefficient (Wildman–Crippen LogP) is 4.41. The topological polar surface area (TPSA) is 49.6 Å². The van der Waals surface area contributed by atoms with Crippen molar-refractivity contribution in [2.24, 2.45) is 4.99 Å². The molecule has 0 saturated heterocycles. The van der Waals surface area contributed by atoms with Gasteiger partial charge in [0.2, 0.25) is 0 Å². The second-order valence-electron chi connectivity index (χ2n) is 5.25. The molecule has 4 nitrogen and oxygen atoms in total. The molecule has 2 N–H and O–H groups in total. The Morgan fingerprint density at radius 3 is 2.83 bits per heavy atom. The van der Waals surface area contributed by atoms with Gasteiger partial charge in [0.25, 0.3) is 0 Å². The minimum atomic E-state index is 0. The van der Waals surface area contributed by atoms with E-state index in [0.717, 1.165) is 42.2 Å². The Labute approximate surface area is 163 Å². The summed E-state index contributed by atoms with van der Waals surface area (Å²) in [6, 6.07) is 12.3. The van der Waals surface area contributed by atoms with Gasteiger partial charge in [0, 0.05) is 24.9 Å². The van der Waals surface area contributed by atoms with Gasteiger partial charge in [-0.25, -0.2) is 4.99 Å². The first kappa shape index (κ1) is 18.8. The van der Waals surface area contributed by atoms with Gasteiger partial charge in [0.1, 0.15) is 11.3 Å². The third-order valence-electron chi connectivity index (χ3n) is 3.48. The number of benzene rings is 1. The number of thiophene rings is 1. The quantitative estimate of drug-likeness (QED) is 0.329. The minimum absolute atomic E-state index is 0. The average Bonchev–Trinajstić information content (AvgIpc) is 3.21. The number of hydrogen-bond acceptors (Lipinski definition) is 3. The molecule has 0 fully saturated rings. The second kappa shape index (κ2) is 9.68. The van der Waals surface area contributed by atoms with Gasteiger partial charge in [-0.2, -0.15) is 11.3 Å². The maximum Gasteiger partial charge on any atom is 0.191 e. The summed E-state index contributed by atoms with van der Waals surface area (Å²) in [6.45, 7) is 4.40. The van der Waals surface area contributed by atoms with Crippen molar-refractivity contribution >= 4 is 52.2 Å². The van der Waals surface area contributed by atoms with E-state index in [2.05, 4.69) is 51.5 Å². The smallest absolute Gasteiger partial charge is 0.191 e. The number of guanidine groups is 1. The van der Waals surface area contributed by atoms with Crippen LogP contribution in [-0.2, 0) is 13.0 Å². The van der Waals surface area contributed by atoms with Crippen molar-refractivity contribution in [1.82, 2.24) is 10.6 Å². The van der Waals surface area contributed by atoms with Gasteiger partial charge in [-0.05, 0) is 41.4 Å². The zero-order valence-electron chi connectivity index (χ0n) is 13.6. The Balaban J connectivity index is 0.00000208. The van der Waals surface area contributed by atoms with E-state index < -0.39 is 0 Å². The highest BCUT2D eigenvalue weighted by Crippen LogP contribution is 2.18. The van der Waals surface area contributed by atoms with Crippen LogP contribution in [0, 0.1) is 0 Å². The van der Waals surface area contributed by atoms with E-state index in [-0.39, 0.29) is 24.0 Å². The first-order chi connectivity index (χ1) is 11.3. The van der Waals surface area contributed by atoms with Gasteiger partial charge in [-0.15, -0.1) is 24.0 Å². The highest BCUT2D eigenvalue weighted by molar-refractivity contribution is 14.0. The maximum atomic E-state index is 5.83. The summed E-state index contributed by atoms with van der Waals surface area (Å²) in [5.41, 5.74) is 2.19. The zero-order chi connectivity index (χ0) is 15.9. The van der Waals surface area contributed by atoms with Crippen molar-refractivity contribution in [1.29, 1.82) is 0 Å². The van der Waals surface area contributed by atoms with Gasteiger partial charge in [0.15, 0.2) is 5.96 Å². The molecular weight excluding hydrogens is 433 g/mol. The summed E-state index contributed by atoms with van der Waals surface area (Å²) in [4.78, 5) is 4.60. The lowest BCUT2D eigenvalue weighted by Gasteiger charge is -2.10. The number of aliphatic imine (C=N–C) groups is 1. The van der Waals surface area contributed by atoms with Crippen LogP contribution in [0.15, 0.2) is 56.6 Å². The Morgan fingerprint density at radius 1 is 1.21 bits per heavy atom. The molecule has 0 amide bonds. The Kier molecular flexibility index (Phi) is 7.58. The van der Waals surface area contributed by atoms with E-state index in [0.29, 0.717) is 6.54 Å². The van der Waals surface area contributed by atoms with Crippen LogP contribution in [0.2, 0.25) is 0 Å². The summed E-state index contributed by atoms with van der Waals surface area (Å²) in [7, 11) is 0. The normalized spacial score (nSPS) is 11.3. The Morgan fingerprint density at radius 2 is 2.08 bits per heavy atom. The van der Waals surface area contributed by atoms with E-state index in [1.165, 1.54) is 5.56 Å². The number of nitrogens with one attached hydrogen (secondary N) is 2. The van der Waals surface area contributed by atoms with Gasteiger partial charge in [-0.1, -0.05) is 18.2 Å². The lowest BCUT2D eigenvalue weighted by molar-refractivity contribution is 0.544. The average molecular weight is 455 g/mol. The third kappa shape index (κ3) is 5.24. The zero-order valence-corrected chi connectivity index (χ0v) is 16.8. The fourth-order valence-corrected chi connectivity index (χ4v) is 3.02. The SMILES string of the molecule is CCNC(=NCc1ccsc1)NCCc1cc2ccccc2o1.I. The van der Waals surface area contributed by atoms with Gasteiger partial charge in [0.05, 0.1) is 6.54 Å². The van der Waals surface area contributed by atoms with Crippen LogP contribution < -0.4 is 10.6 Å². The summed E-state index contributed by atoms with van der Waals surface area (Å²) >= 11 is 1.70. The van der Waals surface area contributed by atoms with Crippen molar-refractivity contribution in [3.63, 3.8) is 0 Å². The van der Waals surface area contributed by atoms with Crippen molar-refractivity contribution in [2.45, 2.75) is 19.9 Å². The molecule has 0 aliphatic heterocycles. The number of hydrogen-bond donors (Lipinski definition) is 2. The standard InChI is InChI=1S/C18H21N3OS.HI/c1-2-19-18(21-12-14-8-10-23-13-14)20-9-7-16-11-15-5-3-4-6-17(15)22-16;/h3-6,8,10-11,13H,2,7,9,12H2,1H3,(H2,19,20,21);1H. The van der Waals surface area contributed by atoms with Crippen LogP contribution in [0.1, 0.15) is 18.2 Å². The molecule has 0 unspecified atom stereocenters. The van der Waals surface area contributed by atoms with Crippen LogP contribution in [-0.4, -0.2) is 19.0 Å². The second-order valence-corrected chi connectivity index (χ2v) is 6.03. The van der Waals surface area contributed by atoms with Crippen LogP contribution in [0.3, 0.4) is 0 Å². The van der Waals surface area contributed by atoms with Crippen molar-refractivity contribution < 1.29 is 4.42 Å². The molecule has 0 bridgehead atoms. The van der Waals surface area contributed by atoms with Crippen molar-refractivity contribution in [2.75, 3.05) is 13.1 Å². The highest BCUT2D eigenvalue weighted by atomic mass is 127. The Bertz CT molecular complexity index is 735. The summed E-state index contributed by atoms with van der Waals surface area (Å²) < 4.78 is 5.83. The number of para-hydroxylation sites is 1. The molecule has 0 atom stereocenters. The molecule has 0 aliphatic carbocycles. The van der Waals surface area contributed by atoms with Crippen molar-refractivity contribution in [3.05, 3.63) is 58.5 Å². The van der Waals surface area contributed by atoms with Crippen LogP contribution in [0.5, 0.6) is 0 Å². The molecule has 128 valence electrons. The lowest BCUT2D eigenvalue weighted by atomic mass is 10.2. The molecule has 3 rings (SSSR count). The molecule has 6 heteroatoms. The van der Waals surface area contributed by atoms with E-state index in [1.54, 1.807) is 11.3 Å². The van der Waals surface area contributed by atoms with Crippen LogP contribution in [0.4, 0.5) is 0 Å². The lowest BCUT2D eigenvalue weighted by Crippen LogP contribution is -2.38. The summed E-state index contributed by atoms with van der Waals surface area (Å²) in [6.07, 6.45) is 0.831. The minimum Gasteiger partial charge on any atom is -0.461 e. The molecule has 0 aliphatic rings. The molecule has 2 aromatic heterocycles.